The molecule has 1 aromatic carbocycles. The first-order valence-electron chi connectivity index (χ1n) is 6.60. The summed E-state index contributed by atoms with van der Waals surface area (Å²) in [7, 11) is 0. The fourth-order valence-electron chi connectivity index (χ4n) is 2.52. The second-order valence-corrected chi connectivity index (χ2v) is 4.89. The molecule has 0 fully saturated rings. The molecule has 1 aromatic heterocycles. The van der Waals surface area contributed by atoms with Gasteiger partial charge in [-0.3, -0.25) is 0 Å². The molecule has 2 rings (SSSR count). The van der Waals surface area contributed by atoms with E-state index in [0.29, 0.717) is 5.56 Å². The van der Waals surface area contributed by atoms with Crippen molar-refractivity contribution in [2.24, 2.45) is 0 Å². The summed E-state index contributed by atoms with van der Waals surface area (Å²) in [5, 5.41) is 27.8. The van der Waals surface area contributed by atoms with Crippen molar-refractivity contribution in [1.82, 2.24) is 4.57 Å². The average Bonchev–Trinajstić information content (AvgIpc) is 2.75. The molecular formula is C15H16F3NO3. The smallest absolute Gasteiger partial charge is 0.395 e. The summed E-state index contributed by atoms with van der Waals surface area (Å²) in [4.78, 5) is 0. The maximum absolute atomic E-state index is 13.2. The third kappa shape index (κ3) is 3.01. The van der Waals surface area contributed by atoms with Gasteiger partial charge in [-0.25, -0.2) is 0 Å². The van der Waals surface area contributed by atoms with Crippen LogP contribution in [0.4, 0.5) is 13.2 Å². The Morgan fingerprint density at radius 1 is 1.18 bits per heavy atom. The van der Waals surface area contributed by atoms with Gasteiger partial charge in [0, 0.05) is 23.9 Å². The first kappa shape index (κ1) is 16.5. The van der Waals surface area contributed by atoms with Gasteiger partial charge >= 0.3 is 6.18 Å². The van der Waals surface area contributed by atoms with Crippen LogP contribution in [0, 0.1) is 6.92 Å². The van der Waals surface area contributed by atoms with Gasteiger partial charge in [0.25, 0.3) is 0 Å². The fourth-order valence-corrected chi connectivity index (χ4v) is 2.52. The molecule has 22 heavy (non-hydrogen) atoms. The predicted molar refractivity (Wildman–Crippen MR) is 73.9 cm³/mol. The molecule has 0 saturated carbocycles. The van der Waals surface area contributed by atoms with Gasteiger partial charge in [0.05, 0.1) is 17.9 Å². The van der Waals surface area contributed by atoms with E-state index in [1.165, 1.54) is 35.9 Å². The van der Waals surface area contributed by atoms with Crippen molar-refractivity contribution >= 4 is 0 Å². The Balaban J connectivity index is 2.72. The number of rotatable bonds is 4. The number of hydrogen-bond acceptors (Lipinski definition) is 3. The highest BCUT2D eigenvalue weighted by atomic mass is 19.4. The van der Waals surface area contributed by atoms with Gasteiger partial charge in [-0.15, -0.1) is 0 Å². The molecule has 0 aliphatic heterocycles. The van der Waals surface area contributed by atoms with Crippen LogP contribution in [0.5, 0.6) is 0 Å². The molecule has 0 atom stereocenters. The lowest BCUT2D eigenvalue weighted by Crippen LogP contribution is -2.10. The van der Waals surface area contributed by atoms with Crippen LogP contribution in [-0.2, 0) is 12.7 Å². The van der Waals surface area contributed by atoms with Gasteiger partial charge in [0.1, 0.15) is 0 Å². The van der Waals surface area contributed by atoms with Crippen LogP contribution in [0.15, 0.2) is 30.5 Å². The standard InChI is InChI=1S/C15H16F3NO3/c1-9-11(14(21)22)8-19(6-7-20)13(9)10-4-2-3-5-12(10)15(16,17)18/h2-5,8,14,20-22H,6-7H2,1H3. The topological polar surface area (TPSA) is 65.6 Å². The summed E-state index contributed by atoms with van der Waals surface area (Å²) in [6.45, 7) is 1.29. The summed E-state index contributed by atoms with van der Waals surface area (Å²) < 4.78 is 41.0. The van der Waals surface area contributed by atoms with Gasteiger partial charge < -0.3 is 19.9 Å². The maximum Gasteiger partial charge on any atom is 0.417 e. The summed E-state index contributed by atoms with van der Waals surface area (Å²) in [5.41, 5.74) is -0.215. The summed E-state index contributed by atoms with van der Waals surface area (Å²) in [5.74, 6) is 0. The second kappa shape index (κ2) is 6.12. The Morgan fingerprint density at radius 3 is 2.36 bits per heavy atom. The maximum atomic E-state index is 13.2. The van der Waals surface area contributed by atoms with E-state index in [9.17, 15) is 23.4 Å². The molecule has 4 nitrogen and oxygen atoms in total. The van der Waals surface area contributed by atoms with Gasteiger partial charge in [-0.2, -0.15) is 13.2 Å². The predicted octanol–water partition coefficient (Wildman–Crippen LogP) is 2.46. The lowest BCUT2D eigenvalue weighted by Gasteiger charge is -2.16. The summed E-state index contributed by atoms with van der Waals surface area (Å²) >= 11 is 0. The van der Waals surface area contributed by atoms with Crippen LogP contribution < -0.4 is 0 Å². The van der Waals surface area contributed by atoms with Crippen LogP contribution in [-0.4, -0.2) is 26.5 Å². The van der Waals surface area contributed by atoms with Gasteiger partial charge in [0.15, 0.2) is 6.29 Å². The van der Waals surface area contributed by atoms with Crippen molar-refractivity contribution < 1.29 is 28.5 Å². The van der Waals surface area contributed by atoms with Crippen molar-refractivity contribution in [3.05, 3.63) is 47.2 Å². The molecular weight excluding hydrogens is 299 g/mol. The zero-order valence-corrected chi connectivity index (χ0v) is 11.8. The third-order valence-corrected chi connectivity index (χ3v) is 3.48. The van der Waals surface area contributed by atoms with Crippen LogP contribution in [0.2, 0.25) is 0 Å². The number of nitrogens with zero attached hydrogens (tertiary/aromatic N) is 1. The number of alkyl halides is 3. The van der Waals surface area contributed by atoms with Crippen LogP contribution in [0.1, 0.15) is 23.0 Å². The van der Waals surface area contributed by atoms with E-state index in [2.05, 4.69) is 0 Å². The van der Waals surface area contributed by atoms with E-state index in [0.717, 1.165) is 6.07 Å². The minimum absolute atomic E-state index is 0.0507. The minimum Gasteiger partial charge on any atom is -0.395 e. The number of aliphatic hydroxyl groups is 3. The molecule has 0 bridgehead atoms. The molecule has 7 heteroatoms. The highest BCUT2D eigenvalue weighted by molar-refractivity contribution is 5.70. The van der Waals surface area contributed by atoms with Crippen LogP contribution >= 0.6 is 0 Å². The Kier molecular flexibility index (Phi) is 4.60. The normalized spacial score (nSPS) is 12.2. The number of aromatic nitrogens is 1. The molecule has 0 saturated heterocycles. The Morgan fingerprint density at radius 2 is 1.82 bits per heavy atom. The lowest BCUT2D eigenvalue weighted by molar-refractivity contribution is -0.137. The van der Waals surface area contributed by atoms with Crippen molar-refractivity contribution in [3.8, 4) is 11.3 Å². The number of aliphatic hydroxyl groups excluding tert-OH is 2. The monoisotopic (exact) mass is 315 g/mol. The second-order valence-electron chi connectivity index (χ2n) is 4.89. The zero-order valence-electron chi connectivity index (χ0n) is 11.8. The quantitative estimate of drug-likeness (QED) is 0.759. The van der Waals surface area contributed by atoms with Gasteiger partial charge in [-0.1, -0.05) is 18.2 Å². The van der Waals surface area contributed by atoms with Gasteiger partial charge in [-0.05, 0) is 18.6 Å². The lowest BCUT2D eigenvalue weighted by atomic mass is 10.00. The molecule has 120 valence electrons. The first-order valence-corrected chi connectivity index (χ1v) is 6.60. The zero-order chi connectivity index (χ0) is 16.5. The fraction of sp³-hybridized carbons (Fsp3) is 0.333. The van der Waals surface area contributed by atoms with Crippen molar-refractivity contribution in [1.29, 1.82) is 0 Å². The van der Waals surface area contributed by atoms with Crippen molar-refractivity contribution in [3.63, 3.8) is 0 Å². The third-order valence-electron chi connectivity index (χ3n) is 3.48. The largest absolute Gasteiger partial charge is 0.417 e. The van der Waals surface area contributed by atoms with Gasteiger partial charge in [0.2, 0.25) is 0 Å². The molecule has 0 radical (unpaired) electrons. The van der Waals surface area contributed by atoms with Crippen molar-refractivity contribution in [2.45, 2.75) is 25.9 Å². The van der Waals surface area contributed by atoms with E-state index in [1.54, 1.807) is 0 Å². The highest BCUT2D eigenvalue weighted by Crippen LogP contribution is 2.39. The average molecular weight is 315 g/mol. The molecule has 0 aliphatic carbocycles. The molecule has 3 N–H and O–H groups in total. The number of benzene rings is 1. The SMILES string of the molecule is Cc1c(C(O)O)cn(CCO)c1-c1ccccc1C(F)(F)F. The first-order chi connectivity index (χ1) is 10.3. The molecule has 0 amide bonds. The Bertz CT molecular complexity index is 663. The number of hydrogen-bond donors (Lipinski definition) is 3. The molecule has 0 aliphatic rings. The summed E-state index contributed by atoms with van der Waals surface area (Å²) in [6, 6.07) is 5.07. The van der Waals surface area contributed by atoms with Crippen LogP contribution in [0.3, 0.4) is 0 Å². The minimum atomic E-state index is -4.53. The molecule has 0 spiro atoms. The Hall–Kier alpha value is -1.83. The van der Waals surface area contributed by atoms with E-state index in [1.807, 2.05) is 0 Å². The number of halogens is 3. The molecule has 1 heterocycles. The van der Waals surface area contributed by atoms with E-state index in [4.69, 9.17) is 5.11 Å². The van der Waals surface area contributed by atoms with E-state index < -0.39 is 18.0 Å². The molecule has 2 aromatic rings. The van der Waals surface area contributed by atoms with Crippen LogP contribution in [0.25, 0.3) is 11.3 Å². The summed E-state index contributed by atoms with van der Waals surface area (Å²) in [6.07, 6.45) is -4.98. The Labute approximate surface area is 125 Å². The highest BCUT2D eigenvalue weighted by Gasteiger charge is 2.34. The van der Waals surface area contributed by atoms with Crippen molar-refractivity contribution in [2.75, 3.05) is 6.61 Å². The van der Waals surface area contributed by atoms with E-state index in [-0.39, 0.29) is 30.0 Å². The van der Waals surface area contributed by atoms with E-state index >= 15 is 0 Å². The molecule has 0 unspecified atom stereocenters.